The molecule has 0 saturated carbocycles. The molecule has 1 N–H and O–H groups in total. The second-order valence-electron chi connectivity index (χ2n) is 5.02. The molecule has 0 fully saturated rings. The number of aromatic nitrogens is 2. The van der Waals surface area contributed by atoms with Gasteiger partial charge in [0.1, 0.15) is 12.4 Å². The maximum atomic E-state index is 5.72. The van der Waals surface area contributed by atoms with Crippen molar-refractivity contribution in [2.45, 2.75) is 32.4 Å². The molecule has 0 saturated heterocycles. The van der Waals surface area contributed by atoms with Crippen LogP contribution < -0.4 is 10.1 Å². The van der Waals surface area contributed by atoms with Crippen LogP contribution in [-0.2, 0) is 13.0 Å². The van der Waals surface area contributed by atoms with Crippen LogP contribution in [0.2, 0.25) is 0 Å². The zero-order chi connectivity index (χ0) is 14.2. The van der Waals surface area contributed by atoms with Crippen LogP contribution in [0, 0.1) is 0 Å². The van der Waals surface area contributed by atoms with Gasteiger partial charge in [0.2, 0.25) is 0 Å². The topological polar surface area (TPSA) is 39.1 Å². The number of nitrogens with zero attached hydrogens (tertiary/aromatic N) is 2. The summed E-state index contributed by atoms with van der Waals surface area (Å²) in [6.07, 6.45) is 7.76. The van der Waals surface area contributed by atoms with Gasteiger partial charge in [-0.05, 0) is 44.5 Å². The maximum absolute atomic E-state index is 5.72. The van der Waals surface area contributed by atoms with E-state index in [1.807, 2.05) is 29.9 Å². The molecule has 1 heterocycles. The van der Waals surface area contributed by atoms with Gasteiger partial charge in [-0.25, -0.2) is 4.98 Å². The standard InChI is InChI=1S/C16H23N3O/c1-14(17-2)3-4-15-5-7-16(8-6-15)20-12-11-19-10-9-18-13-19/h5-10,13-14,17H,3-4,11-12H2,1-2H3. The first kappa shape index (κ1) is 14.6. The van der Waals surface area contributed by atoms with E-state index in [4.69, 9.17) is 4.74 Å². The molecule has 1 aromatic carbocycles. The first-order valence-electron chi connectivity index (χ1n) is 7.12. The monoisotopic (exact) mass is 273 g/mol. The van der Waals surface area contributed by atoms with E-state index in [-0.39, 0.29) is 0 Å². The quantitative estimate of drug-likeness (QED) is 0.803. The molecule has 0 bridgehead atoms. The number of ether oxygens (including phenoxy) is 1. The van der Waals surface area contributed by atoms with E-state index in [1.54, 1.807) is 12.5 Å². The van der Waals surface area contributed by atoms with Gasteiger partial charge in [-0.15, -0.1) is 0 Å². The lowest BCUT2D eigenvalue weighted by Gasteiger charge is -2.10. The summed E-state index contributed by atoms with van der Waals surface area (Å²) in [6.45, 7) is 3.68. The minimum absolute atomic E-state index is 0.557. The lowest BCUT2D eigenvalue weighted by atomic mass is 10.1. The number of rotatable bonds is 8. The summed E-state index contributed by atoms with van der Waals surface area (Å²) in [6, 6.07) is 8.95. The van der Waals surface area contributed by atoms with Gasteiger partial charge in [-0.2, -0.15) is 0 Å². The zero-order valence-electron chi connectivity index (χ0n) is 12.2. The highest BCUT2D eigenvalue weighted by Crippen LogP contribution is 2.14. The Bertz CT molecular complexity index is 479. The Morgan fingerprint density at radius 1 is 1.30 bits per heavy atom. The predicted molar refractivity (Wildman–Crippen MR) is 81.0 cm³/mol. The summed E-state index contributed by atoms with van der Waals surface area (Å²) < 4.78 is 7.73. The average molecular weight is 273 g/mol. The van der Waals surface area contributed by atoms with Gasteiger partial charge < -0.3 is 14.6 Å². The highest BCUT2D eigenvalue weighted by molar-refractivity contribution is 5.27. The van der Waals surface area contributed by atoms with Crippen molar-refractivity contribution in [2.24, 2.45) is 0 Å². The fraction of sp³-hybridized carbons (Fsp3) is 0.438. The fourth-order valence-corrected chi connectivity index (χ4v) is 1.97. The molecule has 0 aliphatic heterocycles. The van der Waals surface area contributed by atoms with Crippen LogP contribution in [0.4, 0.5) is 0 Å². The van der Waals surface area contributed by atoms with Crippen LogP contribution in [-0.4, -0.2) is 29.2 Å². The van der Waals surface area contributed by atoms with Crippen LogP contribution >= 0.6 is 0 Å². The molecule has 0 amide bonds. The fourth-order valence-electron chi connectivity index (χ4n) is 1.97. The number of nitrogens with one attached hydrogen (secondary N) is 1. The second-order valence-corrected chi connectivity index (χ2v) is 5.02. The molecular weight excluding hydrogens is 250 g/mol. The van der Waals surface area contributed by atoms with Crippen molar-refractivity contribution in [1.82, 2.24) is 14.9 Å². The maximum Gasteiger partial charge on any atom is 0.119 e. The van der Waals surface area contributed by atoms with Crippen molar-refractivity contribution in [1.29, 1.82) is 0 Å². The second kappa shape index (κ2) is 7.70. The van der Waals surface area contributed by atoms with E-state index in [2.05, 4.69) is 29.4 Å². The van der Waals surface area contributed by atoms with Crippen LogP contribution in [0.1, 0.15) is 18.9 Å². The van der Waals surface area contributed by atoms with Gasteiger partial charge in [0, 0.05) is 18.4 Å². The first-order valence-corrected chi connectivity index (χ1v) is 7.12. The van der Waals surface area contributed by atoms with Gasteiger partial charge in [0.05, 0.1) is 12.9 Å². The van der Waals surface area contributed by atoms with E-state index in [0.717, 1.165) is 25.1 Å². The highest BCUT2D eigenvalue weighted by atomic mass is 16.5. The minimum Gasteiger partial charge on any atom is -0.492 e. The van der Waals surface area contributed by atoms with E-state index in [1.165, 1.54) is 5.56 Å². The Hall–Kier alpha value is -1.81. The van der Waals surface area contributed by atoms with Crippen LogP contribution in [0.25, 0.3) is 0 Å². The molecule has 0 radical (unpaired) electrons. The molecule has 0 spiro atoms. The van der Waals surface area contributed by atoms with Crippen LogP contribution in [0.15, 0.2) is 43.0 Å². The van der Waals surface area contributed by atoms with Crippen molar-refractivity contribution >= 4 is 0 Å². The number of hydrogen-bond donors (Lipinski definition) is 1. The van der Waals surface area contributed by atoms with Gasteiger partial charge in [-0.3, -0.25) is 0 Å². The van der Waals surface area contributed by atoms with E-state index in [0.29, 0.717) is 12.6 Å². The van der Waals surface area contributed by atoms with Crippen molar-refractivity contribution in [3.8, 4) is 5.75 Å². The number of hydrogen-bond acceptors (Lipinski definition) is 3. The molecule has 0 aliphatic rings. The molecule has 4 nitrogen and oxygen atoms in total. The lowest BCUT2D eigenvalue weighted by Crippen LogP contribution is -2.21. The lowest BCUT2D eigenvalue weighted by molar-refractivity contribution is 0.298. The average Bonchev–Trinajstić information content (AvgIpc) is 2.99. The number of imidazole rings is 1. The summed E-state index contributed by atoms with van der Waals surface area (Å²) in [5.41, 5.74) is 1.36. The third kappa shape index (κ3) is 4.70. The predicted octanol–water partition coefficient (Wildman–Crippen LogP) is 2.50. The molecule has 108 valence electrons. The summed E-state index contributed by atoms with van der Waals surface area (Å²) in [7, 11) is 2.00. The molecular formula is C16H23N3O. The van der Waals surface area contributed by atoms with Crippen molar-refractivity contribution < 1.29 is 4.74 Å². The van der Waals surface area contributed by atoms with Gasteiger partial charge >= 0.3 is 0 Å². The Balaban J connectivity index is 1.73. The highest BCUT2D eigenvalue weighted by Gasteiger charge is 2.00. The molecule has 20 heavy (non-hydrogen) atoms. The van der Waals surface area contributed by atoms with E-state index >= 15 is 0 Å². The van der Waals surface area contributed by atoms with Crippen LogP contribution in [0.5, 0.6) is 5.75 Å². The number of benzene rings is 1. The van der Waals surface area contributed by atoms with Gasteiger partial charge in [0.15, 0.2) is 0 Å². The first-order chi connectivity index (χ1) is 9.78. The zero-order valence-corrected chi connectivity index (χ0v) is 12.2. The molecule has 1 unspecified atom stereocenters. The van der Waals surface area contributed by atoms with Crippen LogP contribution in [0.3, 0.4) is 0 Å². The molecule has 1 aromatic heterocycles. The smallest absolute Gasteiger partial charge is 0.119 e. The molecule has 2 aromatic rings. The normalized spacial score (nSPS) is 12.3. The van der Waals surface area contributed by atoms with E-state index in [9.17, 15) is 0 Å². The van der Waals surface area contributed by atoms with Crippen molar-refractivity contribution in [3.63, 3.8) is 0 Å². The summed E-state index contributed by atoms with van der Waals surface area (Å²) >= 11 is 0. The molecule has 0 aliphatic carbocycles. The molecule has 4 heteroatoms. The Labute approximate surface area is 120 Å². The largest absolute Gasteiger partial charge is 0.492 e. The number of aryl methyl sites for hydroxylation is 1. The molecule has 1 atom stereocenters. The Kier molecular flexibility index (Phi) is 5.62. The Morgan fingerprint density at radius 3 is 2.75 bits per heavy atom. The van der Waals surface area contributed by atoms with E-state index < -0.39 is 0 Å². The molecule has 2 rings (SSSR count). The summed E-state index contributed by atoms with van der Waals surface area (Å²) in [5, 5.41) is 3.26. The van der Waals surface area contributed by atoms with Crippen molar-refractivity contribution in [2.75, 3.05) is 13.7 Å². The van der Waals surface area contributed by atoms with Gasteiger partial charge in [-0.1, -0.05) is 12.1 Å². The third-order valence-corrected chi connectivity index (χ3v) is 3.46. The SMILES string of the molecule is CNC(C)CCc1ccc(OCCn2ccnc2)cc1. The van der Waals surface area contributed by atoms with Crippen molar-refractivity contribution in [3.05, 3.63) is 48.5 Å². The summed E-state index contributed by atoms with van der Waals surface area (Å²) in [4.78, 5) is 4.00. The Morgan fingerprint density at radius 2 is 2.10 bits per heavy atom. The third-order valence-electron chi connectivity index (χ3n) is 3.46. The summed E-state index contributed by atoms with van der Waals surface area (Å²) in [5.74, 6) is 0.926. The van der Waals surface area contributed by atoms with Gasteiger partial charge in [0.25, 0.3) is 0 Å². The minimum atomic E-state index is 0.557.